The number of aliphatic hydroxyl groups is 1. The first kappa shape index (κ1) is 12.7. The van der Waals surface area contributed by atoms with Gasteiger partial charge in [0.25, 0.3) is 0 Å². The van der Waals surface area contributed by atoms with Crippen molar-refractivity contribution in [1.82, 2.24) is 0 Å². The maximum atomic E-state index is 9.54. The van der Waals surface area contributed by atoms with Crippen LogP contribution in [0.4, 0.5) is 5.69 Å². The van der Waals surface area contributed by atoms with Gasteiger partial charge in [-0.05, 0) is 23.6 Å². The molecule has 102 valence electrons. The molecule has 3 rings (SSSR count). The molecular weight excluding hydrogens is 252 g/mol. The van der Waals surface area contributed by atoms with Crippen LogP contribution in [0.3, 0.4) is 0 Å². The van der Waals surface area contributed by atoms with Gasteiger partial charge in [-0.3, -0.25) is 0 Å². The quantitative estimate of drug-likeness (QED) is 0.379. The second kappa shape index (κ2) is 4.65. The average molecular weight is 268 g/mol. The Labute approximate surface area is 117 Å². The Morgan fingerprint density at radius 1 is 1.10 bits per heavy atom. The molecule has 0 spiro atoms. The van der Waals surface area contributed by atoms with Crippen LogP contribution in [0.5, 0.6) is 0 Å². The third-order valence-corrected chi connectivity index (χ3v) is 3.66. The smallest absolute Gasteiger partial charge is 0.120 e. The van der Waals surface area contributed by atoms with E-state index in [4.69, 9.17) is 5.73 Å². The summed E-state index contributed by atoms with van der Waals surface area (Å²) < 4.78 is 0. The van der Waals surface area contributed by atoms with Gasteiger partial charge >= 0.3 is 0 Å². The Kier molecular flexibility index (Phi) is 2.95. The zero-order valence-electron chi connectivity index (χ0n) is 11.2. The van der Waals surface area contributed by atoms with Crippen LogP contribution in [0, 0.1) is 0 Å². The maximum Gasteiger partial charge on any atom is 0.120 e. The van der Waals surface area contributed by atoms with Gasteiger partial charge in [0, 0.05) is 23.2 Å². The summed E-state index contributed by atoms with van der Waals surface area (Å²) in [7, 11) is 0. The Hall–Kier alpha value is -2.33. The molecule has 4 nitrogen and oxygen atoms in total. The molecule has 0 radical (unpaired) electrons. The Morgan fingerprint density at radius 3 is 2.45 bits per heavy atom. The van der Waals surface area contributed by atoms with Crippen LogP contribution in [0.2, 0.25) is 0 Å². The van der Waals surface area contributed by atoms with Crippen LogP contribution in [0.25, 0.3) is 11.1 Å². The van der Waals surface area contributed by atoms with Crippen LogP contribution in [-0.2, 0) is 6.42 Å². The first-order chi connectivity index (χ1) is 9.63. The number of benzene rings is 2. The molecule has 1 aliphatic rings. The zero-order chi connectivity index (χ0) is 14.3. The summed E-state index contributed by atoms with van der Waals surface area (Å²) >= 11 is 0. The van der Waals surface area contributed by atoms with Gasteiger partial charge in [-0.1, -0.05) is 41.6 Å². The Morgan fingerprint density at radius 2 is 1.80 bits per heavy atom. The number of nitrogens with two attached hydrogens (primary N) is 1. The van der Waals surface area contributed by atoms with Gasteiger partial charge in [0.1, 0.15) is 5.71 Å². The number of fused-ring (bicyclic) bond motifs is 3. The van der Waals surface area contributed by atoms with Gasteiger partial charge in [-0.2, -0.15) is 0 Å². The number of anilines is 1. The maximum absolute atomic E-state index is 9.54. The number of oxime groups is 1. The molecule has 1 aliphatic carbocycles. The van der Waals surface area contributed by atoms with E-state index in [1.807, 2.05) is 36.4 Å². The Balaban J connectivity index is 2.24. The van der Waals surface area contributed by atoms with E-state index in [0.29, 0.717) is 17.8 Å². The third-order valence-electron chi connectivity index (χ3n) is 3.66. The molecule has 0 aliphatic heterocycles. The fourth-order valence-corrected chi connectivity index (χ4v) is 2.80. The highest BCUT2D eigenvalue weighted by atomic mass is 16.4. The topological polar surface area (TPSA) is 78.8 Å². The number of nitrogens with zero attached hydrogens (tertiary/aromatic N) is 1. The highest BCUT2D eigenvalue weighted by molar-refractivity contribution is 6.26. The Bertz CT molecular complexity index is 706. The molecule has 2 aromatic carbocycles. The van der Waals surface area contributed by atoms with Crippen molar-refractivity contribution in [2.45, 2.75) is 19.4 Å². The zero-order valence-corrected chi connectivity index (χ0v) is 11.2. The molecule has 4 N–H and O–H groups in total. The van der Waals surface area contributed by atoms with Gasteiger partial charge in [-0.25, -0.2) is 0 Å². The van der Waals surface area contributed by atoms with Crippen LogP contribution in [-0.4, -0.2) is 22.1 Å². The molecule has 2 aromatic rings. The lowest BCUT2D eigenvalue weighted by molar-refractivity contribution is 0.195. The van der Waals surface area contributed by atoms with Gasteiger partial charge in [0.15, 0.2) is 0 Å². The van der Waals surface area contributed by atoms with Crippen molar-refractivity contribution in [3.63, 3.8) is 0 Å². The van der Waals surface area contributed by atoms with Crippen molar-refractivity contribution in [3.05, 3.63) is 53.1 Å². The van der Waals surface area contributed by atoms with E-state index in [9.17, 15) is 10.3 Å². The van der Waals surface area contributed by atoms with Gasteiger partial charge in [0.2, 0.25) is 0 Å². The molecule has 0 saturated heterocycles. The minimum Gasteiger partial charge on any atom is -0.410 e. The molecule has 0 fully saturated rings. The van der Waals surface area contributed by atoms with E-state index in [1.54, 1.807) is 6.92 Å². The summed E-state index contributed by atoms with van der Waals surface area (Å²) in [6, 6.07) is 11.7. The largest absolute Gasteiger partial charge is 0.410 e. The first-order valence-electron chi connectivity index (χ1n) is 6.55. The van der Waals surface area contributed by atoms with Crippen molar-refractivity contribution in [3.8, 4) is 11.1 Å². The van der Waals surface area contributed by atoms with E-state index in [1.165, 1.54) is 0 Å². The molecule has 4 heteroatoms. The molecule has 0 saturated carbocycles. The predicted octanol–water partition coefficient (Wildman–Crippen LogP) is 2.40. The molecule has 0 heterocycles. The summed E-state index contributed by atoms with van der Waals surface area (Å²) in [5, 5.41) is 22.3. The van der Waals surface area contributed by atoms with Crippen molar-refractivity contribution >= 4 is 11.4 Å². The number of rotatable bonds is 2. The summed E-state index contributed by atoms with van der Waals surface area (Å²) in [4.78, 5) is 0. The summed E-state index contributed by atoms with van der Waals surface area (Å²) in [5.41, 5.74) is 11.8. The summed E-state index contributed by atoms with van der Waals surface area (Å²) in [5.74, 6) is 0. The monoisotopic (exact) mass is 268 g/mol. The molecule has 0 amide bonds. The third kappa shape index (κ3) is 1.77. The molecule has 1 atom stereocenters. The van der Waals surface area contributed by atoms with E-state index in [0.717, 1.165) is 27.8 Å². The van der Waals surface area contributed by atoms with Crippen molar-refractivity contribution in [2.75, 3.05) is 5.73 Å². The normalized spacial score (nSPS) is 16.0. The lowest BCUT2D eigenvalue weighted by Crippen LogP contribution is -2.10. The fraction of sp³-hybridized carbons (Fsp3) is 0.188. The lowest BCUT2D eigenvalue weighted by Gasteiger charge is -2.12. The van der Waals surface area contributed by atoms with E-state index >= 15 is 0 Å². The molecule has 0 bridgehead atoms. The number of aliphatic hydroxyl groups excluding tert-OH is 1. The van der Waals surface area contributed by atoms with E-state index < -0.39 is 6.10 Å². The predicted molar refractivity (Wildman–Crippen MR) is 79.1 cm³/mol. The SMILES string of the molecule is CC(O)Cc1ccc2c(c1N)/C(=N/O)c1ccccc1-2. The molecular formula is C16H16N2O2. The van der Waals surface area contributed by atoms with Crippen LogP contribution >= 0.6 is 0 Å². The second-order valence-corrected chi connectivity index (χ2v) is 5.11. The number of hydrogen-bond donors (Lipinski definition) is 3. The van der Waals surface area contributed by atoms with Gasteiger partial charge in [0.05, 0.1) is 6.10 Å². The average Bonchev–Trinajstić information content (AvgIpc) is 2.76. The van der Waals surface area contributed by atoms with Gasteiger partial charge in [-0.15, -0.1) is 0 Å². The van der Waals surface area contributed by atoms with Crippen molar-refractivity contribution in [2.24, 2.45) is 5.16 Å². The highest BCUT2D eigenvalue weighted by Crippen LogP contribution is 2.41. The fourth-order valence-electron chi connectivity index (χ4n) is 2.80. The minimum absolute atomic E-state index is 0.464. The summed E-state index contributed by atoms with van der Waals surface area (Å²) in [6.07, 6.45) is 0.0161. The van der Waals surface area contributed by atoms with Crippen LogP contribution in [0.1, 0.15) is 23.6 Å². The second-order valence-electron chi connectivity index (χ2n) is 5.11. The van der Waals surface area contributed by atoms with Crippen LogP contribution < -0.4 is 5.73 Å². The van der Waals surface area contributed by atoms with E-state index in [2.05, 4.69) is 5.16 Å². The van der Waals surface area contributed by atoms with E-state index in [-0.39, 0.29) is 0 Å². The van der Waals surface area contributed by atoms with Crippen molar-refractivity contribution < 1.29 is 10.3 Å². The summed E-state index contributed by atoms with van der Waals surface area (Å²) in [6.45, 7) is 1.72. The lowest BCUT2D eigenvalue weighted by atomic mass is 9.97. The standard InChI is InChI=1S/C16H16N2O2/c1-9(19)8-10-6-7-12-11-4-2-3-5-13(11)16(18-20)14(12)15(10)17/h2-7,9,19-20H,8,17H2,1H3/b18-16+. The first-order valence-corrected chi connectivity index (χ1v) is 6.55. The minimum atomic E-state index is -0.464. The molecule has 0 aromatic heterocycles. The highest BCUT2D eigenvalue weighted by Gasteiger charge is 2.28. The molecule has 1 unspecified atom stereocenters. The van der Waals surface area contributed by atoms with Crippen LogP contribution in [0.15, 0.2) is 41.6 Å². The molecule has 20 heavy (non-hydrogen) atoms. The van der Waals surface area contributed by atoms with Gasteiger partial charge < -0.3 is 16.0 Å². The number of hydrogen-bond acceptors (Lipinski definition) is 4. The van der Waals surface area contributed by atoms with Crippen molar-refractivity contribution in [1.29, 1.82) is 0 Å². The number of nitrogen functional groups attached to an aromatic ring is 1.